The second-order valence-electron chi connectivity index (χ2n) is 7.62. The van der Waals surface area contributed by atoms with E-state index in [1.54, 1.807) is 16.7 Å². The van der Waals surface area contributed by atoms with Crippen molar-refractivity contribution in [1.82, 2.24) is 9.80 Å². The van der Waals surface area contributed by atoms with Crippen LogP contribution in [0.15, 0.2) is 48.5 Å². The van der Waals surface area contributed by atoms with E-state index in [1.807, 2.05) is 37.8 Å². The van der Waals surface area contributed by atoms with Crippen molar-refractivity contribution in [3.63, 3.8) is 0 Å². The van der Waals surface area contributed by atoms with Crippen LogP contribution in [0.2, 0.25) is 0 Å². The van der Waals surface area contributed by atoms with Crippen LogP contribution in [-0.2, 0) is 4.79 Å². The van der Waals surface area contributed by atoms with Crippen LogP contribution < -0.4 is 0 Å². The summed E-state index contributed by atoms with van der Waals surface area (Å²) < 4.78 is 13.2. The number of aryl methyl sites for hydroxylation is 1. The highest BCUT2D eigenvalue weighted by Crippen LogP contribution is 2.43. The van der Waals surface area contributed by atoms with E-state index in [1.165, 1.54) is 24.3 Å². The number of thioether (sulfide) groups is 1. The molecule has 0 aromatic heterocycles. The summed E-state index contributed by atoms with van der Waals surface area (Å²) in [6, 6.07) is 13.7. The minimum Gasteiger partial charge on any atom is -0.334 e. The van der Waals surface area contributed by atoms with Crippen molar-refractivity contribution in [2.45, 2.75) is 44.4 Å². The van der Waals surface area contributed by atoms with Gasteiger partial charge in [0.15, 0.2) is 0 Å². The number of rotatable bonds is 6. The van der Waals surface area contributed by atoms with Gasteiger partial charge in [0.25, 0.3) is 5.91 Å². The lowest BCUT2D eigenvalue weighted by Gasteiger charge is -2.31. The Hall–Kier alpha value is -2.34. The third-order valence-corrected chi connectivity index (χ3v) is 6.63. The van der Waals surface area contributed by atoms with Crippen LogP contribution in [0.1, 0.15) is 47.6 Å². The standard InChI is InChI=1S/C23H27FN2O2S/c1-15(2)25(22(28)18-9-11-19(24)12-10-18)13-14-26-21(27)17(4)29-23(26)20-8-6-5-7-16(20)3/h5-12,15,17,23H,13-14H2,1-4H3. The third-order valence-electron chi connectivity index (χ3n) is 5.26. The number of halogens is 1. The highest BCUT2D eigenvalue weighted by Gasteiger charge is 2.39. The Balaban J connectivity index is 1.78. The average molecular weight is 415 g/mol. The maximum Gasteiger partial charge on any atom is 0.254 e. The zero-order chi connectivity index (χ0) is 21.1. The van der Waals surface area contributed by atoms with Crippen LogP contribution in [-0.4, -0.2) is 46.0 Å². The Morgan fingerprint density at radius 3 is 2.45 bits per heavy atom. The molecule has 1 fully saturated rings. The van der Waals surface area contributed by atoms with Crippen molar-refractivity contribution >= 4 is 23.6 Å². The first-order valence-corrected chi connectivity index (χ1v) is 10.8. The molecule has 0 spiro atoms. The number of amides is 2. The van der Waals surface area contributed by atoms with E-state index in [2.05, 4.69) is 19.1 Å². The number of carbonyl (C=O) groups excluding carboxylic acids is 2. The van der Waals surface area contributed by atoms with Gasteiger partial charge in [-0.2, -0.15) is 0 Å². The molecule has 0 N–H and O–H groups in total. The lowest BCUT2D eigenvalue weighted by molar-refractivity contribution is -0.130. The van der Waals surface area contributed by atoms with Crippen LogP contribution in [0.25, 0.3) is 0 Å². The first kappa shape index (κ1) is 21.4. The van der Waals surface area contributed by atoms with E-state index in [9.17, 15) is 14.0 Å². The SMILES string of the molecule is Cc1ccccc1C1SC(C)C(=O)N1CCN(C(=O)c1ccc(F)cc1)C(C)C. The smallest absolute Gasteiger partial charge is 0.254 e. The van der Waals surface area contributed by atoms with E-state index >= 15 is 0 Å². The zero-order valence-corrected chi connectivity index (χ0v) is 18.1. The van der Waals surface area contributed by atoms with Crippen LogP contribution in [0, 0.1) is 12.7 Å². The van der Waals surface area contributed by atoms with E-state index in [0.29, 0.717) is 18.7 Å². The average Bonchev–Trinajstić information content (AvgIpc) is 2.97. The minimum atomic E-state index is -0.368. The van der Waals surface area contributed by atoms with Gasteiger partial charge in [0.05, 0.1) is 5.25 Å². The van der Waals surface area contributed by atoms with E-state index < -0.39 is 0 Å². The maximum atomic E-state index is 13.2. The predicted molar refractivity (Wildman–Crippen MR) is 115 cm³/mol. The Kier molecular flexibility index (Phi) is 6.63. The molecule has 2 atom stereocenters. The van der Waals surface area contributed by atoms with Crippen LogP contribution in [0.5, 0.6) is 0 Å². The second-order valence-corrected chi connectivity index (χ2v) is 9.04. The molecule has 29 heavy (non-hydrogen) atoms. The predicted octanol–water partition coefficient (Wildman–Crippen LogP) is 4.65. The molecule has 154 valence electrons. The van der Waals surface area contributed by atoms with Crippen molar-refractivity contribution in [3.05, 3.63) is 71.0 Å². The molecule has 2 amide bonds. The van der Waals surface area contributed by atoms with Gasteiger partial charge in [-0.05, 0) is 63.1 Å². The van der Waals surface area contributed by atoms with Gasteiger partial charge in [-0.1, -0.05) is 24.3 Å². The van der Waals surface area contributed by atoms with Gasteiger partial charge in [-0.25, -0.2) is 4.39 Å². The summed E-state index contributed by atoms with van der Waals surface area (Å²) in [4.78, 5) is 29.4. The van der Waals surface area contributed by atoms with E-state index in [0.717, 1.165) is 11.1 Å². The summed E-state index contributed by atoms with van der Waals surface area (Å²) >= 11 is 1.65. The van der Waals surface area contributed by atoms with Crippen LogP contribution >= 0.6 is 11.8 Å². The van der Waals surface area contributed by atoms with Crippen LogP contribution in [0.3, 0.4) is 0 Å². The van der Waals surface area contributed by atoms with Crippen molar-refractivity contribution in [2.75, 3.05) is 13.1 Å². The first-order chi connectivity index (χ1) is 13.8. The van der Waals surface area contributed by atoms with Crippen molar-refractivity contribution in [1.29, 1.82) is 0 Å². The highest BCUT2D eigenvalue weighted by atomic mass is 32.2. The summed E-state index contributed by atoms with van der Waals surface area (Å²) in [7, 11) is 0. The van der Waals surface area contributed by atoms with Crippen molar-refractivity contribution in [3.8, 4) is 0 Å². The monoisotopic (exact) mass is 414 g/mol. The van der Waals surface area contributed by atoms with Crippen molar-refractivity contribution < 1.29 is 14.0 Å². The fourth-order valence-electron chi connectivity index (χ4n) is 3.57. The van der Waals surface area contributed by atoms with E-state index in [-0.39, 0.29) is 34.3 Å². The lowest BCUT2D eigenvalue weighted by Crippen LogP contribution is -2.43. The molecule has 1 heterocycles. The van der Waals surface area contributed by atoms with Gasteiger partial charge in [0.2, 0.25) is 5.91 Å². The summed E-state index contributed by atoms with van der Waals surface area (Å²) in [6.45, 7) is 8.77. The number of nitrogens with zero attached hydrogens (tertiary/aromatic N) is 2. The molecule has 1 aliphatic heterocycles. The van der Waals surface area contributed by atoms with Crippen molar-refractivity contribution in [2.24, 2.45) is 0 Å². The molecule has 4 nitrogen and oxygen atoms in total. The van der Waals surface area contributed by atoms with Gasteiger partial charge in [0, 0.05) is 24.7 Å². The Labute approximate surface area is 176 Å². The summed E-state index contributed by atoms with van der Waals surface area (Å²) in [5.74, 6) is -0.423. The molecule has 3 rings (SSSR count). The molecule has 0 radical (unpaired) electrons. The molecule has 2 unspecified atom stereocenters. The van der Waals surface area contributed by atoms with Gasteiger partial charge >= 0.3 is 0 Å². The Morgan fingerprint density at radius 2 is 1.83 bits per heavy atom. The molecule has 6 heteroatoms. The topological polar surface area (TPSA) is 40.6 Å². The first-order valence-electron chi connectivity index (χ1n) is 9.87. The fourth-order valence-corrected chi connectivity index (χ4v) is 4.98. The van der Waals surface area contributed by atoms with Gasteiger partial charge in [0.1, 0.15) is 11.2 Å². The molecular weight excluding hydrogens is 387 g/mol. The number of benzene rings is 2. The minimum absolute atomic E-state index is 0.0350. The molecule has 2 aromatic carbocycles. The number of hydrogen-bond acceptors (Lipinski definition) is 3. The van der Waals surface area contributed by atoms with Gasteiger partial charge in [-0.15, -0.1) is 11.8 Å². The summed E-state index contributed by atoms with van der Waals surface area (Å²) in [5.41, 5.74) is 2.74. The molecular formula is C23H27FN2O2S. The molecule has 1 saturated heterocycles. The summed E-state index contributed by atoms with van der Waals surface area (Å²) in [6.07, 6.45) is 0. The third kappa shape index (κ3) is 4.64. The fraction of sp³-hybridized carbons (Fsp3) is 0.391. The zero-order valence-electron chi connectivity index (χ0n) is 17.3. The molecule has 1 aliphatic rings. The normalized spacial score (nSPS) is 19.1. The second kappa shape index (κ2) is 8.99. The molecule has 0 saturated carbocycles. The van der Waals surface area contributed by atoms with Crippen LogP contribution in [0.4, 0.5) is 4.39 Å². The molecule has 2 aromatic rings. The highest BCUT2D eigenvalue weighted by molar-refractivity contribution is 8.01. The number of hydrogen-bond donors (Lipinski definition) is 0. The quantitative estimate of drug-likeness (QED) is 0.691. The Morgan fingerprint density at radius 1 is 1.17 bits per heavy atom. The number of carbonyl (C=O) groups is 2. The molecule has 0 bridgehead atoms. The van der Waals surface area contributed by atoms with Gasteiger partial charge < -0.3 is 9.80 Å². The maximum absolute atomic E-state index is 13.2. The van der Waals surface area contributed by atoms with Gasteiger partial charge in [-0.3, -0.25) is 9.59 Å². The largest absolute Gasteiger partial charge is 0.334 e. The summed E-state index contributed by atoms with van der Waals surface area (Å²) in [5, 5.41) is -0.159. The lowest BCUT2D eigenvalue weighted by atomic mass is 10.1. The Bertz CT molecular complexity index is 885. The molecule has 0 aliphatic carbocycles. The van der Waals surface area contributed by atoms with E-state index in [4.69, 9.17) is 0 Å².